The van der Waals surface area contributed by atoms with E-state index in [-0.39, 0.29) is 11.8 Å². The van der Waals surface area contributed by atoms with Gasteiger partial charge in [0.05, 0.1) is 17.6 Å². The number of carbonyl (C=O) groups excluding carboxylic acids is 3. The molecule has 1 saturated carbocycles. The fourth-order valence-corrected chi connectivity index (χ4v) is 4.79. The number of imidazole rings is 1. The molecule has 150 valence electrons. The van der Waals surface area contributed by atoms with Gasteiger partial charge in [-0.2, -0.15) is 0 Å². The molecule has 0 bridgehead atoms. The van der Waals surface area contributed by atoms with Gasteiger partial charge in [0.25, 0.3) is 5.91 Å². The maximum atomic E-state index is 13.0. The Morgan fingerprint density at radius 3 is 2.45 bits per heavy atom. The molecule has 0 atom stereocenters. The molecule has 2 aliphatic heterocycles. The topological polar surface area (TPSA) is 86.4 Å². The number of piperidine rings is 1. The minimum atomic E-state index is -0.475. The van der Waals surface area contributed by atoms with Crippen LogP contribution in [0.15, 0.2) is 36.7 Å². The monoisotopic (exact) mass is 392 g/mol. The van der Waals surface area contributed by atoms with Crippen LogP contribution in [0.2, 0.25) is 0 Å². The van der Waals surface area contributed by atoms with Crippen molar-refractivity contribution < 1.29 is 14.4 Å². The first kappa shape index (κ1) is 18.1. The van der Waals surface area contributed by atoms with Gasteiger partial charge in [0, 0.05) is 43.2 Å². The Bertz CT molecular complexity index is 955. The lowest BCUT2D eigenvalue weighted by Gasteiger charge is -2.50. The zero-order chi connectivity index (χ0) is 20.0. The fraction of sp³-hybridized carbons (Fsp3) is 0.455. The minimum Gasteiger partial charge on any atom is -0.348 e. The van der Waals surface area contributed by atoms with Gasteiger partial charge in [-0.1, -0.05) is 30.3 Å². The molecule has 5 rings (SSSR count). The van der Waals surface area contributed by atoms with Crippen molar-refractivity contribution >= 4 is 17.6 Å². The number of fused-ring (bicyclic) bond motifs is 2. The van der Waals surface area contributed by atoms with Crippen LogP contribution in [-0.4, -0.2) is 57.0 Å². The molecular weight excluding hydrogens is 368 g/mol. The number of carbonyl (C=O) groups is 3. The molecule has 3 heterocycles. The summed E-state index contributed by atoms with van der Waals surface area (Å²) in [5.74, 6) is -0.578. The predicted molar refractivity (Wildman–Crippen MR) is 105 cm³/mol. The molecule has 1 aliphatic carbocycles. The summed E-state index contributed by atoms with van der Waals surface area (Å²) >= 11 is 0. The third-order valence-corrected chi connectivity index (χ3v) is 6.56. The van der Waals surface area contributed by atoms with Crippen molar-refractivity contribution in [3.8, 4) is 0 Å². The SMILES string of the molecule is O=C(C(=O)N1CCC2(CC1)c1nc[nH]c1CCN2C(=O)C1CC1)c1ccccc1. The maximum absolute atomic E-state index is 13.0. The van der Waals surface area contributed by atoms with Crippen LogP contribution in [0, 0.1) is 5.92 Å². The lowest BCUT2D eigenvalue weighted by molar-refractivity contribution is -0.144. The summed E-state index contributed by atoms with van der Waals surface area (Å²) < 4.78 is 0. The van der Waals surface area contributed by atoms with Crippen LogP contribution >= 0.6 is 0 Å². The predicted octanol–water partition coefficient (Wildman–Crippen LogP) is 1.90. The molecule has 29 heavy (non-hydrogen) atoms. The highest BCUT2D eigenvalue weighted by molar-refractivity contribution is 6.42. The first-order valence-electron chi connectivity index (χ1n) is 10.3. The van der Waals surface area contributed by atoms with Gasteiger partial charge in [-0.3, -0.25) is 14.4 Å². The number of ketones is 1. The van der Waals surface area contributed by atoms with Crippen molar-refractivity contribution in [2.75, 3.05) is 19.6 Å². The Morgan fingerprint density at radius 1 is 1.03 bits per heavy atom. The second-order valence-electron chi connectivity index (χ2n) is 8.26. The molecule has 2 aromatic rings. The third-order valence-electron chi connectivity index (χ3n) is 6.56. The quantitative estimate of drug-likeness (QED) is 0.639. The smallest absolute Gasteiger partial charge is 0.294 e. The van der Waals surface area contributed by atoms with E-state index in [2.05, 4.69) is 9.97 Å². The van der Waals surface area contributed by atoms with Crippen molar-refractivity contribution in [1.29, 1.82) is 0 Å². The lowest BCUT2D eigenvalue weighted by atomic mass is 9.78. The average Bonchev–Trinajstić information content (AvgIpc) is 3.50. The summed E-state index contributed by atoms with van der Waals surface area (Å²) in [7, 11) is 0. The molecule has 2 fully saturated rings. The number of benzene rings is 1. The van der Waals surface area contributed by atoms with Crippen LogP contribution in [-0.2, 0) is 21.5 Å². The highest BCUT2D eigenvalue weighted by atomic mass is 16.2. The van der Waals surface area contributed by atoms with Gasteiger partial charge in [-0.05, 0) is 25.7 Å². The summed E-state index contributed by atoms with van der Waals surface area (Å²) in [6.45, 7) is 1.57. The highest BCUT2D eigenvalue weighted by Crippen LogP contribution is 2.45. The van der Waals surface area contributed by atoms with E-state index < -0.39 is 17.2 Å². The van der Waals surface area contributed by atoms with Crippen LogP contribution in [0.1, 0.15) is 47.4 Å². The van der Waals surface area contributed by atoms with Crippen LogP contribution < -0.4 is 0 Å². The number of H-pyrrole nitrogens is 1. The fourth-order valence-electron chi connectivity index (χ4n) is 4.79. The Balaban J connectivity index is 1.38. The van der Waals surface area contributed by atoms with Gasteiger partial charge in [0.2, 0.25) is 11.7 Å². The number of Topliss-reactive ketones (excluding diaryl/α,β-unsaturated/α-hetero) is 1. The molecule has 0 unspecified atom stereocenters. The Morgan fingerprint density at radius 2 is 1.76 bits per heavy atom. The molecule has 1 aromatic carbocycles. The number of hydrogen-bond acceptors (Lipinski definition) is 4. The van der Waals surface area contributed by atoms with Crippen molar-refractivity contribution in [2.45, 2.75) is 37.6 Å². The minimum absolute atomic E-state index is 0.145. The van der Waals surface area contributed by atoms with E-state index in [1.807, 2.05) is 11.0 Å². The van der Waals surface area contributed by atoms with Crippen LogP contribution in [0.3, 0.4) is 0 Å². The first-order chi connectivity index (χ1) is 14.1. The van der Waals surface area contributed by atoms with E-state index in [0.717, 1.165) is 30.7 Å². The highest BCUT2D eigenvalue weighted by Gasteiger charge is 2.51. The van der Waals surface area contributed by atoms with Gasteiger partial charge >= 0.3 is 0 Å². The number of hydrogen-bond donors (Lipinski definition) is 1. The molecule has 1 saturated heterocycles. The summed E-state index contributed by atoms with van der Waals surface area (Å²) in [6, 6.07) is 8.67. The Labute approximate surface area is 169 Å². The summed E-state index contributed by atoms with van der Waals surface area (Å²) in [5.41, 5.74) is 1.97. The lowest BCUT2D eigenvalue weighted by Crippen LogP contribution is -2.59. The van der Waals surface area contributed by atoms with Crippen LogP contribution in [0.5, 0.6) is 0 Å². The largest absolute Gasteiger partial charge is 0.348 e. The second kappa shape index (κ2) is 6.83. The normalized spacial score (nSPS) is 20.4. The first-order valence-corrected chi connectivity index (χ1v) is 10.3. The van der Waals surface area contributed by atoms with Crippen molar-refractivity contribution in [3.05, 3.63) is 53.6 Å². The molecule has 1 spiro atoms. The summed E-state index contributed by atoms with van der Waals surface area (Å²) in [6.07, 6.45) is 5.64. The molecule has 3 aliphatic rings. The molecule has 7 heteroatoms. The van der Waals surface area contributed by atoms with E-state index in [4.69, 9.17) is 0 Å². The summed E-state index contributed by atoms with van der Waals surface area (Å²) in [5, 5.41) is 0. The van der Waals surface area contributed by atoms with Crippen LogP contribution in [0.4, 0.5) is 0 Å². The number of aromatic nitrogens is 2. The van der Waals surface area contributed by atoms with Crippen molar-refractivity contribution in [3.63, 3.8) is 0 Å². The maximum Gasteiger partial charge on any atom is 0.294 e. The number of likely N-dealkylation sites (tertiary alicyclic amines) is 1. The zero-order valence-corrected chi connectivity index (χ0v) is 16.3. The standard InChI is InChI=1S/C22H24N4O3/c27-18(15-4-2-1-3-5-15)21(29)25-12-9-22(10-13-25)19-17(23-14-24-19)8-11-26(22)20(28)16-6-7-16/h1-5,14,16H,6-13H2,(H,23,24). The Kier molecular flexibility index (Phi) is 4.26. The van der Waals surface area contributed by atoms with E-state index >= 15 is 0 Å². The number of amides is 2. The van der Waals surface area contributed by atoms with Crippen molar-refractivity contribution in [2.24, 2.45) is 5.92 Å². The number of rotatable bonds is 3. The average molecular weight is 392 g/mol. The number of aromatic amines is 1. The second-order valence-corrected chi connectivity index (χ2v) is 8.26. The molecule has 0 radical (unpaired) electrons. The molecule has 2 amide bonds. The van der Waals surface area contributed by atoms with E-state index in [0.29, 0.717) is 38.0 Å². The van der Waals surface area contributed by atoms with E-state index in [1.54, 1.807) is 35.5 Å². The van der Waals surface area contributed by atoms with Crippen molar-refractivity contribution in [1.82, 2.24) is 19.8 Å². The van der Waals surface area contributed by atoms with Gasteiger partial charge in [0.15, 0.2) is 0 Å². The number of nitrogens with one attached hydrogen (secondary N) is 1. The molecule has 1 N–H and O–H groups in total. The molecule has 7 nitrogen and oxygen atoms in total. The van der Waals surface area contributed by atoms with Gasteiger partial charge in [-0.15, -0.1) is 0 Å². The van der Waals surface area contributed by atoms with Gasteiger partial charge < -0.3 is 14.8 Å². The molecule has 1 aromatic heterocycles. The number of nitrogens with zero attached hydrogens (tertiary/aromatic N) is 3. The summed E-state index contributed by atoms with van der Waals surface area (Å²) in [4.78, 5) is 49.8. The van der Waals surface area contributed by atoms with E-state index in [1.165, 1.54) is 0 Å². The van der Waals surface area contributed by atoms with Gasteiger partial charge in [-0.25, -0.2) is 4.98 Å². The molecular formula is C22H24N4O3. The van der Waals surface area contributed by atoms with E-state index in [9.17, 15) is 14.4 Å². The third kappa shape index (κ3) is 2.96. The van der Waals surface area contributed by atoms with Crippen LogP contribution in [0.25, 0.3) is 0 Å². The zero-order valence-electron chi connectivity index (χ0n) is 16.3. The Hall–Kier alpha value is -2.96. The van der Waals surface area contributed by atoms with Gasteiger partial charge in [0.1, 0.15) is 0 Å².